The van der Waals surface area contributed by atoms with Crippen molar-refractivity contribution in [2.45, 2.75) is 25.9 Å². The maximum Gasteiger partial charge on any atom is 0.246 e. The molecule has 0 unspecified atom stereocenters. The maximum atomic E-state index is 11.8. The van der Waals surface area contributed by atoms with Crippen molar-refractivity contribution in [1.29, 1.82) is 0 Å². The molecule has 2 rings (SSSR count). The summed E-state index contributed by atoms with van der Waals surface area (Å²) >= 11 is 0. The summed E-state index contributed by atoms with van der Waals surface area (Å²) in [6.07, 6.45) is 0. The van der Waals surface area contributed by atoms with E-state index in [1.807, 2.05) is 23.1 Å². The molecule has 1 fully saturated rings. The number of pyridine rings is 1. The van der Waals surface area contributed by atoms with Gasteiger partial charge in [-0.1, -0.05) is 6.07 Å². The first-order valence-electron chi connectivity index (χ1n) is 6.16. The summed E-state index contributed by atoms with van der Waals surface area (Å²) in [4.78, 5) is 29.6. The van der Waals surface area contributed by atoms with Crippen LogP contribution in [0.15, 0.2) is 18.2 Å². The molecule has 0 aromatic carbocycles. The van der Waals surface area contributed by atoms with Gasteiger partial charge in [-0.3, -0.25) is 19.8 Å². The number of imide groups is 1. The van der Waals surface area contributed by atoms with E-state index >= 15 is 0 Å². The first-order chi connectivity index (χ1) is 8.93. The number of nitrogens with one attached hydrogen (secondary N) is 2. The highest BCUT2D eigenvalue weighted by Gasteiger charge is 2.40. The third-order valence-electron chi connectivity index (χ3n) is 3.35. The molecule has 0 aliphatic carbocycles. The minimum atomic E-state index is -0.717. The smallest absolute Gasteiger partial charge is 0.246 e. The number of amides is 2. The summed E-state index contributed by atoms with van der Waals surface area (Å²) in [6.45, 7) is 4.26. The molecular weight excluding hydrogens is 244 g/mol. The van der Waals surface area contributed by atoms with Crippen LogP contribution >= 0.6 is 0 Å². The van der Waals surface area contributed by atoms with Gasteiger partial charge in [-0.25, -0.2) is 4.98 Å². The molecule has 2 amide bonds. The molecule has 0 radical (unpaired) electrons. The molecule has 1 aliphatic rings. The van der Waals surface area contributed by atoms with Crippen LogP contribution < -0.4 is 10.6 Å². The quantitative estimate of drug-likeness (QED) is 0.769. The minimum absolute atomic E-state index is 0.199. The van der Waals surface area contributed by atoms with Crippen molar-refractivity contribution in [3.63, 3.8) is 0 Å². The summed E-state index contributed by atoms with van der Waals surface area (Å²) in [6, 6.07) is 5.64. The van der Waals surface area contributed by atoms with Crippen LogP contribution in [0.2, 0.25) is 0 Å². The fourth-order valence-corrected chi connectivity index (χ4v) is 1.99. The van der Waals surface area contributed by atoms with E-state index in [9.17, 15) is 9.59 Å². The molecule has 102 valence electrons. The van der Waals surface area contributed by atoms with E-state index in [1.165, 1.54) is 0 Å². The highest BCUT2D eigenvalue weighted by Crippen LogP contribution is 2.20. The molecule has 0 spiro atoms. The van der Waals surface area contributed by atoms with E-state index in [0.717, 1.165) is 11.5 Å². The van der Waals surface area contributed by atoms with Crippen LogP contribution in [0.3, 0.4) is 0 Å². The molecule has 6 heteroatoms. The molecule has 1 aromatic heterocycles. The van der Waals surface area contributed by atoms with E-state index in [0.29, 0.717) is 6.54 Å². The second-order valence-electron chi connectivity index (χ2n) is 5.06. The van der Waals surface area contributed by atoms with Gasteiger partial charge in [0.1, 0.15) is 5.82 Å². The van der Waals surface area contributed by atoms with Crippen LogP contribution in [0.5, 0.6) is 0 Å². The standard InChI is InChI=1S/C13H18N4O2/c1-13(2)12(19)16-11(18)8-17(13)7-9-5-4-6-10(14-3)15-9/h4-6H,7-8H2,1-3H3,(H,14,15)(H,16,18,19). The van der Waals surface area contributed by atoms with Crippen LogP contribution in [0.4, 0.5) is 5.82 Å². The summed E-state index contributed by atoms with van der Waals surface area (Å²) in [5, 5.41) is 5.32. The fourth-order valence-electron chi connectivity index (χ4n) is 1.99. The maximum absolute atomic E-state index is 11.8. The Morgan fingerprint density at radius 1 is 1.42 bits per heavy atom. The van der Waals surface area contributed by atoms with E-state index in [1.54, 1.807) is 20.9 Å². The van der Waals surface area contributed by atoms with Gasteiger partial charge >= 0.3 is 0 Å². The van der Waals surface area contributed by atoms with Gasteiger partial charge in [0.05, 0.1) is 17.8 Å². The lowest BCUT2D eigenvalue weighted by molar-refractivity contribution is -0.145. The predicted molar refractivity (Wildman–Crippen MR) is 71.4 cm³/mol. The van der Waals surface area contributed by atoms with Crippen molar-refractivity contribution in [1.82, 2.24) is 15.2 Å². The van der Waals surface area contributed by atoms with Crippen molar-refractivity contribution < 1.29 is 9.59 Å². The molecule has 2 heterocycles. The van der Waals surface area contributed by atoms with E-state index in [-0.39, 0.29) is 18.4 Å². The van der Waals surface area contributed by atoms with Gasteiger partial charge in [0.25, 0.3) is 0 Å². The lowest BCUT2D eigenvalue weighted by Crippen LogP contribution is -2.63. The van der Waals surface area contributed by atoms with Crippen molar-refractivity contribution in [2.24, 2.45) is 0 Å². The first-order valence-corrected chi connectivity index (χ1v) is 6.16. The van der Waals surface area contributed by atoms with Gasteiger partial charge in [0.15, 0.2) is 0 Å². The Hall–Kier alpha value is -1.95. The van der Waals surface area contributed by atoms with Crippen LogP contribution in [-0.4, -0.2) is 40.8 Å². The number of anilines is 1. The van der Waals surface area contributed by atoms with Gasteiger partial charge in [0, 0.05) is 13.6 Å². The van der Waals surface area contributed by atoms with Crippen molar-refractivity contribution in [2.75, 3.05) is 18.9 Å². The van der Waals surface area contributed by atoms with Crippen molar-refractivity contribution in [3.8, 4) is 0 Å². The monoisotopic (exact) mass is 262 g/mol. The summed E-state index contributed by atoms with van der Waals surface area (Å²) in [5.41, 5.74) is 0.105. The first kappa shape index (κ1) is 13.5. The molecule has 19 heavy (non-hydrogen) atoms. The third kappa shape index (κ3) is 2.73. The molecule has 6 nitrogen and oxygen atoms in total. The number of hydrogen-bond acceptors (Lipinski definition) is 5. The van der Waals surface area contributed by atoms with E-state index in [4.69, 9.17) is 0 Å². The lowest BCUT2D eigenvalue weighted by Gasteiger charge is -2.39. The predicted octanol–water partition coefficient (Wildman–Crippen LogP) is 0.360. The summed E-state index contributed by atoms with van der Waals surface area (Å²) < 4.78 is 0. The molecular formula is C13H18N4O2. The highest BCUT2D eigenvalue weighted by atomic mass is 16.2. The van der Waals surface area contributed by atoms with Crippen LogP contribution in [-0.2, 0) is 16.1 Å². The zero-order valence-corrected chi connectivity index (χ0v) is 11.4. The largest absolute Gasteiger partial charge is 0.373 e. The Bertz CT molecular complexity index is 513. The Labute approximate surface area is 112 Å². The average molecular weight is 262 g/mol. The van der Waals surface area contributed by atoms with Crippen LogP contribution in [0.25, 0.3) is 0 Å². The summed E-state index contributed by atoms with van der Waals surface area (Å²) in [7, 11) is 1.80. The number of aromatic nitrogens is 1. The second-order valence-corrected chi connectivity index (χ2v) is 5.06. The molecule has 1 aliphatic heterocycles. The summed E-state index contributed by atoms with van der Waals surface area (Å²) in [5.74, 6) is 0.228. The van der Waals surface area contributed by atoms with Crippen molar-refractivity contribution in [3.05, 3.63) is 23.9 Å². The van der Waals surface area contributed by atoms with Gasteiger partial charge in [-0.2, -0.15) is 0 Å². The number of piperazine rings is 1. The zero-order valence-electron chi connectivity index (χ0n) is 11.4. The Balaban J connectivity index is 2.20. The van der Waals surface area contributed by atoms with Gasteiger partial charge in [0.2, 0.25) is 11.8 Å². The van der Waals surface area contributed by atoms with Crippen LogP contribution in [0, 0.1) is 0 Å². The zero-order chi connectivity index (χ0) is 14.0. The Morgan fingerprint density at radius 3 is 2.84 bits per heavy atom. The molecule has 0 saturated carbocycles. The topological polar surface area (TPSA) is 74.3 Å². The second kappa shape index (κ2) is 4.97. The van der Waals surface area contributed by atoms with E-state index < -0.39 is 5.54 Å². The van der Waals surface area contributed by atoms with Crippen molar-refractivity contribution >= 4 is 17.6 Å². The Kier molecular flexibility index (Phi) is 3.53. The molecule has 0 bridgehead atoms. The number of hydrogen-bond donors (Lipinski definition) is 2. The minimum Gasteiger partial charge on any atom is -0.373 e. The molecule has 1 aromatic rings. The lowest BCUT2D eigenvalue weighted by atomic mass is 9.98. The average Bonchev–Trinajstić information content (AvgIpc) is 2.36. The number of nitrogens with zero attached hydrogens (tertiary/aromatic N) is 2. The third-order valence-corrected chi connectivity index (χ3v) is 3.35. The van der Waals surface area contributed by atoms with Gasteiger partial charge < -0.3 is 5.32 Å². The molecule has 0 atom stereocenters. The van der Waals surface area contributed by atoms with Gasteiger partial charge in [-0.05, 0) is 26.0 Å². The fraction of sp³-hybridized carbons (Fsp3) is 0.462. The molecule has 1 saturated heterocycles. The SMILES string of the molecule is CNc1cccc(CN2CC(=O)NC(=O)C2(C)C)n1. The highest BCUT2D eigenvalue weighted by molar-refractivity contribution is 6.02. The number of rotatable bonds is 3. The number of carbonyl (C=O) groups excluding carboxylic acids is 2. The normalized spacial score (nSPS) is 19.1. The van der Waals surface area contributed by atoms with Gasteiger partial charge in [-0.15, -0.1) is 0 Å². The van der Waals surface area contributed by atoms with Crippen LogP contribution in [0.1, 0.15) is 19.5 Å². The number of carbonyl (C=O) groups is 2. The Morgan fingerprint density at radius 2 is 2.16 bits per heavy atom. The molecule has 2 N–H and O–H groups in total. The van der Waals surface area contributed by atoms with E-state index in [2.05, 4.69) is 15.6 Å².